The molecule has 0 aliphatic heterocycles. The van der Waals surface area contributed by atoms with Crippen LogP contribution in [0.3, 0.4) is 0 Å². The molecule has 92 valence electrons. The maximum Gasteiger partial charge on any atom is 0.249 e. The first-order valence-electron chi connectivity index (χ1n) is 5.31. The Balaban J connectivity index is 2.07. The van der Waals surface area contributed by atoms with Gasteiger partial charge in [0.05, 0.1) is 7.11 Å². The maximum atomic E-state index is 13.0. The second-order valence-electron chi connectivity index (χ2n) is 4.14. The maximum absolute atomic E-state index is 13.0. The van der Waals surface area contributed by atoms with E-state index < -0.39 is 11.6 Å². The lowest BCUT2D eigenvalue weighted by molar-refractivity contribution is -0.170. The zero-order chi connectivity index (χ0) is 12.6. The number of benzene rings is 1. The zero-order valence-electron chi connectivity index (χ0n) is 9.61. The number of amides is 1. The van der Waals surface area contributed by atoms with Crippen LogP contribution in [0.25, 0.3) is 0 Å². The summed E-state index contributed by atoms with van der Waals surface area (Å²) in [7, 11) is 2.94. The van der Waals surface area contributed by atoms with Gasteiger partial charge in [-0.3, -0.25) is 9.63 Å². The molecular formula is C12H13F2NO2. The van der Waals surface area contributed by atoms with Crippen molar-refractivity contribution in [1.82, 2.24) is 5.06 Å². The van der Waals surface area contributed by atoms with Gasteiger partial charge in [-0.2, -0.15) is 0 Å². The Kier molecular flexibility index (Phi) is 3.11. The second-order valence-corrected chi connectivity index (χ2v) is 4.14. The van der Waals surface area contributed by atoms with Gasteiger partial charge in [0.2, 0.25) is 5.91 Å². The van der Waals surface area contributed by atoms with Crippen LogP contribution in [0.1, 0.15) is 17.9 Å². The van der Waals surface area contributed by atoms with E-state index in [9.17, 15) is 13.6 Å². The van der Waals surface area contributed by atoms with Crippen molar-refractivity contribution in [2.45, 2.75) is 12.3 Å². The van der Waals surface area contributed by atoms with E-state index in [-0.39, 0.29) is 17.7 Å². The molecule has 1 fully saturated rings. The Morgan fingerprint density at radius 3 is 2.71 bits per heavy atom. The summed E-state index contributed by atoms with van der Waals surface area (Å²) in [6, 6.07) is 3.76. The molecule has 5 heteroatoms. The van der Waals surface area contributed by atoms with Gasteiger partial charge in [0.25, 0.3) is 0 Å². The summed E-state index contributed by atoms with van der Waals surface area (Å²) in [5, 5.41) is 1.16. The number of halogens is 2. The summed E-state index contributed by atoms with van der Waals surface area (Å²) in [6.07, 6.45) is 0.650. The largest absolute Gasteiger partial charge is 0.275 e. The van der Waals surface area contributed by atoms with Crippen molar-refractivity contribution in [2.75, 3.05) is 14.2 Å². The first-order chi connectivity index (χ1) is 8.04. The Labute approximate surface area is 97.9 Å². The SMILES string of the molecule is CON(C)C(=O)[C@@H]1C[C@H]1c1ccc(F)c(F)c1. The van der Waals surface area contributed by atoms with Gasteiger partial charge in [-0.1, -0.05) is 6.07 Å². The van der Waals surface area contributed by atoms with Gasteiger partial charge < -0.3 is 0 Å². The molecule has 0 spiro atoms. The lowest BCUT2D eigenvalue weighted by Gasteiger charge is -2.13. The van der Waals surface area contributed by atoms with E-state index in [0.29, 0.717) is 12.0 Å². The van der Waals surface area contributed by atoms with E-state index in [2.05, 4.69) is 0 Å². The zero-order valence-corrected chi connectivity index (χ0v) is 9.61. The summed E-state index contributed by atoms with van der Waals surface area (Å²) in [5.74, 6) is -2.10. The van der Waals surface area contributed by atoms with Gasteiger partial charge in [0, 0.05) is 13.0 Å². The lowest BCUT2D eigenvalue weighted by atomic mass is 10.1. The Morgan fingerprint density at radius 2 is 2.12 bits per heavy atom. The fraction of sp³-hybridized carbons (Fsp3) is 0.417. The van der Waals surface area contributed by atoms with Gasteiger partial charge in [0.15, 0.2) is 11.6 Å². The van der Waals surface area contributed by atoms with Crippen LogP contribution in [0.5, 0.6) is 0 Å². The van der Waals surface area contributed by atoms with Crippen molar-refractivity contribution in [3.05, 3.63) is 35.4 Å². The quantitative estimate of drug-likeness (QED) is 0.758. The highest BCUT2D eigenvalue weighted by Gasteiger charge is 2.45. The Morgan fingerprint density at radius 1 is 1.41 bits per heavy atom. The minimum atomic E-state index is -0.874. The molecule has 1 aliphatic rings. The van der Waals surface area contributed by atoms with Gasteiger partial charge >= 0.3 is 0 Å². The van der Waals surface area contributed by atoms with Crippen molar-refractivity contribution >= 4 is 5.91 Å². The molecule has 2 atom stereocenters. The summed E-state index contributed by atoms with van der Waals surface area (Å²) in [4.78, 5) is 16.5. The summed E-state index contributed by atoms with van der Waals surface area (Å²) >= 11 is 0. The summed E-state index contributed by atoms with van der Waals surface area (Å²) in [6.45, 7) is 0. The van der Waals surface area contributed by atoms with E-state index in [1.54, 1.807) is 0 Å². The standard InChI is InChI=1S/C12H13F2NO2/c1-15(17-2)12(16)9-6-8(9)7-3-4-10(13)11(14)5-7/h3-5,8-9H,6H2,1-2H3/t8-,9+/m0/s1. The third-order valence-corrected chi connectivity index (χ3v) is 3.06. The van der Waals surface area contributed by atoms with Crippen LogP contribution in [-0.4, -0.2) is 25.1 Å². The van der Waals surface area contributed by atoms with Crippen LogP contribution in [0.15, 0.2) is 18.2 Å². The van der Waals surface area contributed by atoms with Crippen LogP contribution >= 0.6 is 0 Å². The van der Waals surface area contributed by atoms with Crippen molar-refractivity contribution < 1.29 is 18.4 Å². The molecule has 1 aromatic carbocycles. The van der Waals surface area contributed by atoms with Gasteiger partial charge in [-0.25, -0.2) is 13.8 Å². The van der Waals surface area contributed by atoms with Crippen molar-refractivity contribution in [2.24, 2.45) is 5.92 Å². The van der Waals surface area contributed by atoms with Gasteiger partial charge in [-0.05, 0) is 30.0 Å². The van der Waals surface area contributed by atoms with Crippen LogP contribution in [0, 0.1) is 17.6 Å². The molecule has 0 heterocycles. The number of hydroxylamine groups is 2. The highest BCUT2D eigenvalue weighted by Crippen LogP contribution is 2.48. The monoisotopic (exact) mass is 241 g/mol. The predicted octanol–water partition coefficient (Wildman–Crippen LogP) is 2.09. The highest BCUT2D eigenvalue weighted by molar-refractivity contribution is 5.81. The molecule has 0 aromatic heterocycles. The van der Waals surface area contributed by atoms with Crippen molar-refractivity contribution in [3.63, 3.8) is 0 Å². The molecule has 0 unspecified atom stereocenters. The molecular weight excluding hydrogens is 228 g/mol. The molecule has 1 amide bonds. The molecule has 1 saturated carbocycles. The smallest absolute Gasteiger partial charge is 0.249 e. The number of carbonyl (C=O) groups excluding carboxylic acids is 1. The molecule has 3 nitrogen and oxygen atoms in total. The van der Waals surface area contributed by atoms with Crippen molar-refractivity contribution in [3.8, 4) is 0 Å². The van der Waals surface area contributed by atoms with E-state index in [1.165, 1.54) is 20.2 Å². The Bertz CT molecular complexity index is 450. The third-order valence-electron chi connectivity index (χ3n) is 3.06. The average molecular weight is 241 g/mol. The number of carbonyl (C=O) groups is 1. The van der Waals surface area contributed by atoms with Crippen molar-refractivity contribution in [1.29, 1.82) is 0 Å². The molecule has 0 saturated heterocycles. The third kappa shape index (κ3) is 2.29. The Hall–Kier alpha value is -1.49. The molecule has 0 N–H and O–H groups in total. The number of hydrogen-bond donors (Lipinski definition) is 0. The number of rotatable bonds is 3. The molecule has 0 radical (unpaired) electrons. The van der Waals surface area contributed by atoms with Gasteiger partial charge in [0.1, 0.15) is 0 Å². The normalized spacial score (nSPS) is 22.4. The van der Waals surface area contributed by atoms with Crippen LogP contribution in [0.4, 0.5) is 8.78 Å². The van der Waals surface area contributed by atoms with Crippen LogP contribution in [-0.2, 0) is 9.63 Å². The van der Waals surface area contributed by atoms with Gasteiger partial charge in [-0.15, -0.1) is 0 Å². The van der Waals surface area contributed by atoms with E-state index in [0.717, 1.165) is 17.2 Å². The van der Waals surface area contributed by atoms with Crippen LogP contribution in [0.2, 0.25) is 0 Å². The first-order valence-corrected chi connectivity index (χ1v) is 5.31. The summed E-state index contributed by atoms with van der Waals surface area (Å²) < 4.78 is 25.8. The fourth-order valence-electron chi connectivity index (χ4n) is 1.90. The minimum Gasteiger partial charge on any atom is -0.275 e. The molecule has 2 rings (SSSR count). The molecule has 0 bridgehead atoms. The van der Waals surface area contributed by atoms with E-state index in [4.69, 9.17) is 4.84 Å². The highest BCUT2D eigenvalue weighted by atomic mass is 19.2. The molecule has 1 aliphatic carbocycles. The summed E-state index contributed by atoms with van der Waals surface area (Å²) in [5.41, 5.74) is 0.659. The molecule has 17 heavy (non-hydrogen) atoms. The lowest BCUT2D eigenvalue weighted by Crippen LogP contribution is -2.27. The number of nitrogens with zero attached hydrogens (tertiary/aromatic N) is 1. The van der Waals surface area contributed by atoms with E-state index >= 15 is 0 Å². The average Bonchev–Trinajstić information content (AvgIpc) is 3.10. The van der Waals surface area contributed by atoms with E-state index in [1.807, 2.05) is 0 Å². The first kappa shape index (κ1) is 12.0. The minimum absolute atomic E-state index is 0.0322. The predicted molar refractivity (Wildman–Crippen MR) is 57.0 cm³/mol. The second kappa shape index (κ2) is 4.41. The topological polar surface area (TPSA) is 29.5 Å². The number of hydrogen-bond acceptors (Lipinski definition) is 2. The fourth-order valence-corrected chi connectivity index (χ4v) is 1.90. The van der Waals surface area contributed by atoms with Crippen LogP contribution < -0.4 is 0 Å². The molecule has 1 aromatic rings.